The van der Waals surface area contributed by atoms with E-state index >= 15 is 0 Å². The molecule has 0 saturated carbocycles. The third-order valence-corrected chi connectivity index (χ3v) is 8.92. The monoisotopic (exact) mass is 973 g/mol. The quantitative estimate of drug-likeness (QED) is 0.0300. The van der Waals surface area contributed by atoms with Crippen molar-refractivity contribution in [3.8, 4) is 23.0 Å². The minimum atomic E-state index is -1.72. The van der Waals surface area contributed by atoms with Crippen LogP contribution in [0, 0.1) is 17.0 Å². The fourth-order valence-electron chi connectivity index (χ4n) is 5.85. The van der Waals surface area contributed by atoms with E-state index in [4.69, 9.17) is 37.9 Å². The predicted molar refractivity (Wildman–Crippen MR) is 227 cm³/mol. The van der Waals surface area contributed by atoms with E-state index in [2.05, 4.69) is 18.9 Å². The fraction of sp³-hybridized carbons (Fsp3) is 0.395. The molecule has 26 nitrogen and oxygen atoms in total. The van der Waals surface area contributed by atoms with E-state index in [-0.39, 0.29) is 65.5 Å². The second kappa shape index (κ2) is 26.1. The Morgan fingerprint density at radius 3 is 1.39 bits per heavy atom. The molecule has 0 unspecified atom stereocenters. The number of rotatable bonds is 26. The molecule has 0 spiro atoms. The van der Waals surface area contributed by atoms with Crippen LogP contribution in [0.1, 0.15) is 50.5 Å². The number of carbonyl (C=O) groups excluding carboxylic acids is 8. The van der Waals surface area contributed by atoms with Crippen LogP contribution in [-0.4, -0.2) is 131 Å². The fourth-order valence-corrected chi connectivity index (χ4v) is 5.85. The third kappa shape index (κ3) is 17.4. The topological polar surface area (TPSA) is 317 Å². The number of hydrogen-bond donors (Lipinski definition) is 1. The van der Waals surface area contributed by atoms with Gasteiger partial charge in [-0.25, -0.2) is 0 Å². The largest absolute Gasteiger partial charge is 0.488 e. The Kier molecular flexibility index (Phi) is 20.1. The lowest BCUT2D eigenvalue weighted by molar-refractivity contribution is -0.386. The zero-order chi connectivity index (χ0) is 50.6. The number of anilines is 2. The first-order valence-electron chi connectivity index (χ1n) is 20.2. The zero-order valence-corrected chi connectivity index (χ0v) is 37.7. The minimum absolute atomic E-state index is 0.00393. The smallest absolute Gasteiger partial charge is 0.328 e. The SMILES string of the molecule is CC(=O)OCOC(=O)CN(CC(=O)OCOC(C)=O)c1ccc(C)cc1OCCOc1cc([C@H](O)c2cc3c(cc2[N+](=O)[O-])OCO3)ccc1N(CC(=O)OCOC(C)=O)CC(=O)OCOC(C)=O. The average Bonchev–Trinajstić information content (AvgIpc) is 3.74. The molecule has 69 heavy (non-hydrogen) atoms. The summed E-state index contributed by atoms with van der Waals surface area (Å²) in [5, 5.41) is 23.8. The number of aliphatic hydroxyl groups is 1. The standard InChI is InChI=1S/C43H47N3O23/c1-25-6-8-32(44(16-39(51)66-20-60-26(2)47)17-40(52)67-21-61-27(3)48)35(12-25)58-10-11-59-36-13-30(43(55)31-14-37-38(65-24-64-37)15-34(31)46(56)57)7-9-33(36)45(18-41(53)68-22-62-28(4)49)19-42(54)69-23-63-29(5)50/h6-9,12-15,43,55H,10-11,16-24H2,1-5H3/t43-/m0/s1. The first-order chi connectivity index (χ1) is 32.8. The number of aryl methyl sites for hydroxylation is 1. The Morgan fingerprint density at radius 1 is 0.594 bits per heavy atom. The normalized spacial score (nSPS) is 11.4. The maximum Gasteiger partial charge on any atom is 0.328 e. The van der Waals surface area contributed by atoms with Crippen LogP contribution in [0.2, 0.25) is 0 Å². The summed E-state index contributed by atoms with van der Waals surface area (Å²) in [5.41, 5.74) is 0.0661. The Bertz CT molecular complexity index is 2320. The number of esters is 8. The van der Waals surface area contributed by atoms with Crippen LogP contribution in [0.25, 0.3) is 0 Å². The molecule has 1 aliphatic heterocycles. The molecular weight excluding hydrogens is 926 g/mol. The van der Waals surface area contributed by atoms with Crippen molar-refractivity contribution in [3.63, 3.8) is 0 Å². The first-order valence-corrected chi connectivity index (χ1v) is 20.2. The molecule has 372 valence electrons. The molecule has 3 aromatic rings. The van der Waals surface area contributed by atoms with Gasteiger partial charge in [0.1, 0.15) is 57.0 Å². The lowest BCUT2D eigenvalue weighted by atomic mass is 9.98. The summed E-state index contributed by atoms with van der Waals surface area (Å²) in [5.74, 6) is -6.73. The van der Waals surface area contributed by atoms with Crippen LogP contribution >= 0.6 is 0 Å². The summed E-state index contributed by atoms with van der Waals surface area (Å²) in [4.78, 5) is 110. The maximum atomic E-state index is 13.0. The maximum absolute atomic E-state index is 13.0. The molecule has 0 saturated heterocycles. The Labute approximate surface area is 391 Å². The van der Waals surface area contributed by atoms with E-state index in [1.165, 1.54) is 35.2 Å². The molecule has 1 heterocycles. The van der Waals surface area contributed by atoms with Crippen LogP contribution in [-0.2, 0) is 76.3 Å². The van der Waals surface area contributed by atoms with Crippen molar-refractivity contribution >= 4 is 64.8 Å². The molecular formula is C43H47N3O23. The molecule has 3 aromatic carbocycles. The second-order valence-corrected chi connectivity index (χ2v) is 14.1. The van der Waals surface area contributed by atoms with E-state index in [1.807, 2.05) is 0 Å². The molecule has 1 atom stereocenters. The van der Waals surface area contributed by atoms with E-state index in [9.17, 15) is 53.6 Å². The summed E-state index contributed by atoms with van der Waals surface area (Å²) in [6.07, 6.45) is -1.72. The van der Waals surface area contributed by atoms with E-state index in [0.29, 0.717) is 5.56 Å². The number of carbonyl (C=O) groups is 8. The minimum Gasteiger partial charge on any atom is -0.488 e. The van der Waals surface area contributed by atoms with E-state index in [0.717, 1.165) is 38.7 Å². The van der Waals surface area contributed by atoms with Gasteiger partial charge in [0, 0.05) is 27.7 Å². The van der Waals surface area contributed by atoms with Crippen molar-refractivity contribution in [2.75, 3.05) is 83.2 Å². The summed E-state index contributed by atoms with van der Waals surface area (Å²) in [7, 11) is 0. The first kappa shape index (κ1) is 53.2. The van der Waals surface area contributed by atoms with Crippen molar-refractivity contribution in [1.29, 1.82) is 0 Å². The number of benzene rings is 3. The van der Waals surface area contributed by atoms with Crippen molar-refractivity contribution < 1.29 is 105 Å². The van der Waals surface area contributed by atoms with Gasteiger partial charge in [-0.05, 0) is 48.4 Å². The van der Waals surface area contributed by atoms with Gasteiger partial charge in [0.15, 0.2) is 11.5 Å². The van der Waals surface area contributed by atoms with Gasteiger partial charge in [0.2, 0.25) is 34.0 Å². The van der Waals surface area contributed by atoms with Crippen LogP contribution in [0.5, 0.6) is 23.0 Å². The Hall–Kier alpha value is -8.42. The van der Waals surface area contributed by atoms with Gasteiger partial charge >= 0.3 is 47.8 Å². The molecule has 0 amide bonds. The van der Waals surface area contributed by atoms with Crippen molar-refractivity contribution in [3.05, 3.63) is 75.3 Å². The molecule has 0 aromatic heterocycles. The van der Waals surface area contributed by atoms with Crippen LogP contribution in [0.4, 0.5) is 17.1 Å². The molecule has 0 fully saturated rings. The molecule has 0 radical (unpaired) electrons. The Morgan fingerprint density at radius 2 is 0.986 bits per heavy atom. The van der Waals surface area contributed by atoms with Crippen molar-refractivity contribution in [1.82, 2.24) is 0 Å². The predicted octanol–water partition coefficient (Wildman–Crippen LogP) is 2.04. The van der Waals surface area contributed by atoms with Crippen molar-refractivity contribution in [2.45, 2.75) is 40.7 Å². The van der Waals surface area contributed by atoms with Crippen LogP contribution in [0.3, 0.4) is 0 Å². The van der Waals surface area contributed by atoms with Gasteiger partial charge in [-0.15, -0.1) is 0 Å². The van der Waals surface area contributed by atoms with Gasteiger partial charge in [-0.3, -0.25) is 48.5 Å². The van der Waals surface area contributed by atoms with Crippen molar-refractivity contribution in [2.24, 2.45) is 0 Å². The van der Waals surface area contributed by atoms with Gasteiger partial charge in [0.25, 0.3) is 5.69 Å². The molecule has 1 N–H and O–H groups in total. The Balaban J connectivity index is 1.69. The van der Waals surface area contributed by atoms with Gasteiger partial charge in [0.05, 0.1) is 27.9 Å². The number of fused-ring (bicyclic) bond motifs is 1. The highest BCUT2D eigenvalue weighted by molar-refractivity contribution is 5.84. The second-order valence-electron chi connectivity index (χ2n) is 14.1. The molecule has 1 aliphatic rings. The van der Waals surface area contributed by atoms with Gasteiger partial charge < -0.3 is 71.7 Å². The molecule has 0 aliphatic carbocycles. The summed E-state index contributed by atoms with van der Waals surface area (Å²) >= 11 is 0. The van der Waals surface area contributed by atoms with Gasteiger partial charge in [-0.2, -0.15) is 0 Å². The van der Waals surface area contributed by atoms with Crippen LogP contribution in [0.15, 0.2) is 48.5 Å². The summed E-state index contributed by atoms with van der Waals surface area (Å²) in [6.45, 7) is -0.468. The average molecular weight is 974 g/mol. The number of hydrogen-bond acceptors (Lipinski definition) is 25. The lowest BCUT2D eigenvalue weighted by Crippen LogP contribution is -2.37. The number of nitrogens with zero attached hydrogens (tertiary/aromatic N) is 3. The molecule has 0 bridgehead atoms. The van der Waals surface area contributed by atoms with Crippen LogP contribution < -0.4 is 28.7 Å². The number of aliphatic hydroxyl groups excluding tert-OH is 1. The molecule has 26 heteroatoms. The highest BCUT2D eigenvalue weighted by atomic mass is 16.7. The highest BCUT2D eigenvalue weighted by Crippen LogP contribution is 2.43. The van der Waals surface area contributed by atoms with Gasteiger partial charge in [-0.1, -0.05) is 12.1 Å². The zero-order valence-electron chi connectivity index (χ0n) is 37.7. The number of nitro groups is 1. The van der Waals surface area contributed by atoms with E-state index < -0.39 is 118 Å². The number of ether oxygens (including phenoxy) is 12. The molecule has 4 rings (SSSR count). The summed E-state index contributed by atoms with van der Waals surface area (Å²) < 4.78 is 61.5. The lowest BCUT2D eigenvalue weighted by Gasteiger charge is -2.27. The number of nitro benzene ring substituents is 1. The summed E-state index contributed by atoms with van der Waals surface area (Å²) in [6, 6.07) is 10.9. The third-order valence-electron chi connectivity index (χ3n) is 8.92. The van der Waals surface area contributed by atoms with E-state index in [1.54, 1.807) is 19.1 Å². The highest BCUT2D eigenvalue weighted by Gasteiger charge is 2.30.